The van der Waals surface area contributed by atoms with Crippen LogP contribution in [-0.4, -0.2) is 169 Å². The van der Waals surface area contributed by atoms with Crippen molar-refractivity contribution in [3.05, 3.63) is 46.4 Å². The van der Waals surface area contributed by atoms with Gasteiger partial charge in [-0.05, 0) is 99.2 Å². The first-order valence-corrected chi connectivity index (χ1v) is 33.6. The van der Waals surface area contributed by atoms with Crippen LogP contribution in [-0.2, 0) is 63.8 Å². The van der Waals surface area contributed by atoms with Crippen LogP contribution in [0.3, 0.4) is 0 Å². The second-order valence-corrected chi connectivity index (χ2v) is 27.1. The van der Waals surface area contributed by atoms with Crippen LogP contribution < -0.4 is 27.0 Å². The molecular formula is C67H104N8O14S. The smallest absolute Gasteiger partial charge is 0.312 e. The number of nitrogens with one attached hydrogen (secondary N) is 4. The number of urea groups is 1. The standard InChI is InChI=1S/C67H104N8O14S/c1-12-41(6)62(74(9)66(85)50(39(2)3)37-55(79)61-45-21-24-49(34-45)71-61)56(87-10)38-58(81)75-28-14-17-51(75)63(88-11)43(8)53(77)36-47(65-69-27-31-90-65)33-44-19-22-48(23-20-44)72-64(84)46(16-13-26-70-67(68)86)35-54(78)60(40(4)5)73-57(80)25-30-89-29-15-18-52(76)42(7)32-59(82)83/h19-20,22-23,27,31,39-43,45-47,49-51,56,60-63,71H,12-18,21,24-26,28-30,32-38H2,1-11H3,(H,72,84)(H,73,80)(H,82,83)(H3,68,70,86)/t41-,42?,43-,45-,46+,47+,49-,50-,51-,56+,60-,61-,62-,63+/m0/s1. The quantitative estimate of drug-likeness (QED) is 0.0347. The zero-order chi connectivity index (χ0) is 66.4. The van der Waals surface area contributed by atoms with Gasteiger partial charge in [-0.1, -0.05) is 73.9 Å². The third-order valence-corrected chi connectivity index (χ3v) is 19.9. The second kappa shape index (κ2) is 36.9. The molecule has 3 heterocycles. The molecule has 7 N–H and O–H groups in total. The normalized spacial score (nSPS) is 20.5. The number of ether oxygens (including phenoxy) is 3. The van der Waals surface area contributed by atoms with Crippen LogP contribution >= 0.6 is 11.3 Å². The minimum absolute atomic E-state index is 0.0119. The number of ketones is 4. The molecule has 14 atom stereocenters. The number of likely N-dealkylation sites (tertiary alicyclic amines) is 1. The first-order chi connectivity index (χ1) is 42.8. The van der Waals surface area contributed by atoms with Crippen molar-refractivity contribution in [1.82, 2.24) is 30.7 Å². The molecule has 502 valence electrons. The summed E-state index contributed by atoms with van der Waals surface area (Å²) in [6, 6.07) is 4.96. The van der Waals surface area contributed by atoms with E-state index in [1.165, 1.54) is 11.3 Å². The average molecular weight is 1280 g/mol. The van der Waals surface area contributed by atoms with Crippen LogP contribution in [0.15, 0.2) is 35.8 Å². The molecule has 22 nitrogen and oxygen atoms in total. The lowest BCUT2D eigenvalue weighted by atomic mass is 9.83. The molecule has 1 unspecified atom stereocenters. The minimum atomic E-state index is -1.04. The van der Waals surface area contributed by atoms with Crippen LogP contribution in [0.1, 0.15) is 175 Å². The number of carboxylic acid groups (broad SMARTS) is 1. The number of thiazole rings is 1. The first-order valence-electron chi connectivity index (χ1n) is 32.7. The number of hydrogen-bond donors (Lipinski definition) is 6. The van der Waals surface area contributed by atoms with Crippen LogP contribution in [0.25, 0.3) is 0 Å². The van der Waals surface area contributed by atoms with Crippen molar-refractivity contribution in [3.8, 4) is 0 Å². The second-order valence-electron chi connectivity index (χ2n) is 26.2. The van der Waals surface area contributed by atoms with Crippen LogP contribution in [0.2, 0.25) is 0 Å². The number of methoxy groups -OCH3 is 2. The molecule has 90 heavy (non-hydrogen) atoms. The predicted molar refractivity (Wildman–Crippen MR) is 343 cm³/mol. The highest BCUT2D eigenvalue weighted by Gasteiger charge is 2.46. The summed E-state index contributed by atoms with van der Waals surface area (Å²) in [5.41, 5.74) is 6.64. The molecule has 2 saturated heterocycles. The predicted octanol–water partition coefficient (Wildman–Crippen LogP) is 7.69. The molecule has 1 saturated carbocycles. The molecule has 3 fully saturated rings. The van der Waals surface area contributed by atoms with Gasteiger partial charge in [-0.25, -0.2) is 9.78 Å². The molecule has 1 aliphatic carbocycles. The molecule has 2 bridgehead atoms. The van der Waals surface area contributed by atoms with E-state index in [0.29, 0.717) is 49.9 Å². The van der Waals surface area contributed by atoms with Crippen LogP contribution in [0, 0.1) is 47.3 Å². The van der Waals surface area contributed by atoms with Crippen molar-refractivity contribution < 1.29 is 67.3 Å². The van der Waals surface area contributed by atoms with E-state index in [-0.39, 0.29) is 142 Å². The lowest BCUT2D eigenvalue weighted by Gasteiger charge is -2.41. The summed E-state index contributed by atoms with van der Waals surface area (Å²) in [4.78, 5) is 141. The van der Waals surface area contributed by atoms with E-state index in [0.717, 1.165) is 42.7 Å². The minimum Gasteiger partial charge on any atom is -0.481 e. The van der Waals surface area contributed by atoms with Gasteiger partial charge >= 0.3 is 12.0 Å². The fraction of sp³-hybridized carbons (Fsp3) is 0.716. The van der Waals surface area contributed by atoms with Gasteiger partial charge in [0.1, 0.15) is 11.6 Å². The SMILES string of the molecule is CC[C@H](C)[C@@H]([C@@H](CC(=O)N1CCC[C@H]1[C@H](OC)[C@@H](C)C(=O)C[C@@H](Cc1ccc(NC(=O)[C@H](CCCNC(N)=O)CC(=O)[C@@H](NC(=O)CCOCCCC(=O)C(C)CC(=O)O)C(C)C)cc1)c1nccs1)OC)N(C)C(=O)[C@@H](CC(=O)[C@H]1N[C@H]2CC[C@H]1C2)C(C)C. The Bertz CT molecular complexity index is 2690. The summed E-state index contributed by atoms with van der Waals surface area (Å²) in [7, 11) is 4.93. The highest BCUT2D eigenvalue weighted by molar-refractivity contribution is 7.09. The maximum atomic E-state index is 14.6. The third kappa shape index (κ3) is 22.1. The van der Waals surface area contributed by atoms with Gasteiger partial charge in [0.15, 0.2) is 11.6 Å². The number of anilines is 1. The Balaban J connectivity index is 1.20. The summed E-state index contributed by atoms with van der Waals surface area (Å²) >= 11 is 1.45. The molecule has 0 spiro atoms. The summed E-state index contributed by atoms with van der Waals surface area (Å²) in [6.45, 7) is 16.0. The zero-order valence-corrected chi connectivity index (χ0v) is 55.9. The Labute approximate surface area is 536 Å². The van der Waals surface area contributed by atoms with Gasteiger partial charge in [0.25, 0.3) is 0 Å². The third-order valence-electron chi connectivity index (χ3n) is 18.9. The molecule has 5 rings (SSSR count). The van der Waals surface area contributed by atoms with E-state index in [1.807, 2.05) is 43.2 Å². The Morgan fingerprint density at radius 3 is 2.16 bits per heavy atom. The molecule has 6 amide bonds. The van der Waals surface area contributed by atoms with Gasteiger partial charge in [0.2, 0.25) is 23.6 Å². The first kappa shape index (κ1) is 74.7. The molecule has 1 aromatic heterocycles. The molecular weight excluding hydrogens is 1170 g/mol. The fourth-order valence-electron chi connectivity index (χ4n) is 13.5. The number of Topliss-reactive ketones (excluding diaryl/α,β-unsaturated/α-hetero) is 4. The number of aliphatic carboxylic acids is 1. The fourth-order valence-corrected chi connectivity index (χ4v) is 14.2. The number of carboxylic acids is 1. The molecule has 2 aromatic rings. The number of piperidine rings is 1. The number of nitrogens with zero attached hydrogens (tertiary/aromatic N) is 3. The van der Waals surface area contributed by atoms with Gasteiger partial charge in [-0.15, -0.1) is 11.3 Å². The highest BCUT2D eigenvalue weighted by Crippen LogP contribution is 2.38. The Morgan fingerprint density at radius 1 is 0.844 bits per heavy atom. The van der Waals surface area contributed by atoms with Crippen LogP contribution in [0.5, 0.6) is 0 Å². The molecule has 0 radical (unpaired) electrons. The monoisotopic (exact) mass is 1280 g/mol. The summed E-state index contributed by atoms with van der Waals surface area (Å²) in [6.07, 6.45) is 7.03. The largest absolute Gasteiger partial charge is 0.481 e. The summed E-state index contributed by atoms with van der Waals surface area (Å²) < 4.78 is 17.9. The maximum absolute atomic E-state index is 14.6. The van der Waals surface area contributed by atoms with E-state index in [9.17, 15) is 47.9 Å². The van der Waals surface area contributed by atoms with Crippen molar-refractivity contribution in [3.63, 3.8) is 0 Å². The van der Waals surface area contributed by atoms with Gasteiger partial charge in [-0.2, -0.15) is 0 Å². The number of fused-ring (bicyclic) bond motifs is 2. The number of nitrogens with two attached hydrogens (primary N) is 1. The van der Waals surface area contributed by atoms with E-state index in [4.69, 9.17) is 25.1 Å². The molecule has 3 aliphatic rings. The van der Waals surface area contributed by atoms with E-state index < -0.39 is 71.8 Å². The zero-order valence-electron chi connectivity index (χ0n) is 55.1. The van der Waals surface area contributed by atoms with Gasteiger partial charge < -0.3 is 56.1 Å². The highest BCUT2D eigenvalue weighted by atomic mass is 32.1. The number of amides is 6. The number of carbonyl (C=O) groups excluding carboxylic acids is 9. The Hall–Kier alpha value is -6.01. The number of primary amides is 1. The van der Waals surface area contributed by atoms with E-state index in [2.05, 4.69) is 40.1 Å². The molecule has 1 aromatic carbocycles. The summed E-state index contributed by atoms with van der Waals surface area (Å²) in [5, 5.41) is 23.4. The van der Waals surface area contributed by atoms with Gasteiger partial charge in [0.05, 0.1) is 60.8 Å². The van der Waals surface area contributed by atoms with Crippen LogP contribution in [0.4, 0.5) is 10.5 Å². The van der Waals surface area contributed by atoms with E-state index >= 15 is 0 Å². The number of benzene rings is 1. The number of aromatic nitrogens is 1. The van der Waals surface area contributed by atoms with Crippen molar-refractivity contribution in [2.24, 2.45) is 53.1 Å². The van der Waals surface area contributed by atoms with E-state index in [1.54, 1.807) is 65.3 Å². The molecule has 2 aliphatic heterocycles. The van der Waals surface area contributed by atoms with Crippen molar-refractivity contribution in [2.45, 2.75) is 213 Å². The van der Waals surface area contributed by atoms with Crippen molar-refractivity contribution in [2.75, 3.05) is 52.9 Å². The Kier molecular flexibility index (Phi) is 30.6. The summed E-state index contributed by atoms with van der Waals surface area (Å²) in [5.74, 6) is -5.61. The number of hydrogen-bond acceptors (Lipinski definition) is 16. The number of rotatable bonds is 42. The van der Waals surface area contributed by atoms with Crippen molar-refractivity contribution >= 4 is 75.8 Å². The molecule has 23 heteroatoms. The number of carbonyl (C=O) groups is 10. The average Bonchev–Trinajstić information content (AvgIpc) is 1.59. The maximum Gasteiger partial charge on any atom is 0.312 e. The van der Waals surface area contributed by atoms with Gasteiger partial charge in [0, 0.05) is 126 Å². The topological polar surface area (TPSA) is 312 Å². The van der Waals surface area contributed by atoms with Gasteiger partial charge in [-0.3, -0.25) is 43.2 Å². The Morgan fingerprint density at radius 2 is 1.57 bits per heavy atom. The lowest BCUT2D eigenvalue weighted by Crippen LogP contribution is -2.54. The van der Waals surface area contributed by atoms with Crippen molar-refractivity contribution in [1.29, 1.82) is 0 Å². The number of likely N-dealkylation sites (N-methyl/N-ethyl adjacent to an activating group) is 1. The lowest BCUT2D eigenvalue weighted by molar-refractivity contribution is -0.149.